The third-order valence-corrected chi connectivity index (χ3v) is 3.95. The van der Waals surface area contributed by atoms with E-state index in [0.717, 1.165) is 44.2 Å². The molecule has 0 atom stereocenters. The molecule has 2 fully saturated rings. The van der Waals surface area contributed by atoms with E-state index >= 15 is 0 Å². The average Bonchev–Trinajstić information content (AvgIpc) is 3.37. The van der Waals surface area contributed by atoms with E-state index in [9.17, 15) is 0 Å². The van der Waals surface area contributed by atoms with E-state index in [1.54, 1.807) is 12.4 Å². The van der Waals surface area contributed by atoms with Gasteiger partial charge >= 0.3 is 0 Å². The molecule has 2 heterocycles. The molecule has 5 heteroatoms. The summed E-state index contributed by atoms with van der Waals surface area (Å²) in [6.07, 6.45) is 8.83. The Morgan fingerprint density at radius 1 is 1.24 bits per heavy atom. The smallest absolute Gasteiger partial charge is 0.131 e. The number of nitrogens with zero attached hydrogens (tertiary/aromatic N) is 4. The van der Waals surface area contributed by atoms with Gasteiger partial charge in [0.1, 0.15) is 11.6 Å². The van der Waals surface area contributed by atoms with E-state index < -0.39 is 0 Å². The maximum Gasteiger partial charge on any atom is 0.131 e. The molecule has 21 heavy (non-hydrogen) atoms. The number of nitrogens with one attached hydrogen (secondary N) is 1. The van der Waals surface area contributed by atoms with Gasteiger partial charge in [-0.05, 0) is 30.4 Å². The zero-order valence-corrected chi connectivity index (χ0v) is 12.6. The second-order valence-electron chi connectivity index (χ2n) is 5.60. The van der Waals surface area contributed by atoms with Gasteiger partial charge in [-0.1, -0.05) is 6.92 Å². The van der Waals surface area contributed by atoms with Crippen molar-refractivity contribution in [2.75, 3.05) is 31.1 Å². The molecule has 1 saturated carbocycles. The summed E-state index contributed by atoms with van der Waals surface area (Å²) in [6.45, 7) is 6.11. The van der Waals surface area contributed by atoms with Crippen molar-refractivity contribution in [1.29, 1.82) is 0 Å². The Kier molecular flexibility index (Phi) is 4.60. The average molecular weight is 285 g/mol. The molecule has 3 rings (SSSR count). The molecule has 0 unspecified atom stereocenters. The summed E-state index contributed by atoms with van der Waals surface area (Å²) >= 11 is 0. The summed E-state index contributed by atoms with van der Waals surface area (Å²) in [7, 11) is 0. The summed E-state index contributed by atoms with van der Waals surface area (Å²) in [5, 5.41) is 3.39. The SMILES string of the molecule is CCc1nccncc(C2CC2)cc(N2CCNCC2)n1. The van der Waals surface area contributed by atoms with Crippen LogP contribution in [0.5, 0.6) is 0 Å². The van der Waals surface area contributed by atoms with Crippen LogP contribution in [0.2, 0.25) is 0 Å². The number of hydrogen-bond acceptors (Lipinski definition) is 5. The number of piperazine rings is 1. The summed E-state index contributed by atoms with van der Waals surface area (Å²) in [5.41, 5.74) is 1.30. The minimum atomic E-state index is 0.664. The molecule has 1 saturated heterocycles. The molecule has 1 aliphatic carbocycles. The summed E-state index contributed by atoms with van der Waals surface area (Å²) < 4.78 is 0. The van der Waals surface area contributed by atoms with Gasteiger partial charge in [-0.2, -0.15) is 0 Å². The molecule has 0 bridgehead atoms. The topological polar surface area (TPSA) is 53.9 Å². The highest BCUT2D eigenvalue weighted by Crippen LogP contribution is 2.39. The second kappa shape index (κ2) is 6.80. The standard InChI is InChI=1S/C16H23N5/c1-2-15-19-6-5-18-12-14(13-3-4-13)11-16(20-15)21-9-7-17-8-10-21/h5-6,11-13,17H,2-4,7-10H2,1H3. The lowest BCUT2D eigenvalue weighted by Gasteiger charge is -2.28. The third kappa shape index (κ3) is 3.88. The van der Waals surface area contributed by atoms with E-state index in [4.69, 9.17) is 4.98 Å². The van der Waals surface area contributed by atoms with Crippen LogP contribution in [0.4, 0.5) is 5.82 Å². The predicted octanol–water partition coefficient (Wildman–Crippen LogP) is 1.85. The Morgan fingerprint density at radius 3 is 2.76 bits per heavy atom. The molecule has 5 nitrogen and oxygen atoms in total. The van der Waals surface area contributed by atoms with E-state index in [2.05, 4.69) is 33.2 Å². The summed E-state index contributed by atoms with van der Waals surface area (Å²) in [6, 6.07) is 2.22. The third-order valence-electron chi connectivity index (χ3n) is 3.95. The summed E-state index contributed by atoms with van der Waals surface area (Å²) in [5.74, 6) is 2.57. The Hall–Kier alpha value is -1.75. The minimum Gasteiger partial charge on any atom is -0.354 e. The predicted molar refractivity (Wildman–Crippen MR) is 83.9 cm³/mol. The zero-order valence-electron chi connectivity index (χ0n) is 12.6. The lowest BCUT2D eigenvalue weighted by molar-refractivity contribution is 0.584. The van der Waals surface area contributed by atoms with Crippen LogP contribution in [0.15, 0.2) is 24.7 Å². The van der Waals surface area contributed by atoms with Gasteiger partial charge in [0.2, 0.25) is 0 Å². The maximum absolute atomic E-state index is 4.82. The molecule has 0 radical (unpaired) electrons. The van der Waals surface area contributed by atoms with Crippen molar-refractivity contribution in [3.63, 3.8) is 0 Å². The highest BCUT2D eigenvalue weighted by atomic mass is 15.2. The first-order valence-electron chi connectivity index (χ1n) is 7.87. The number of rotatable bonds is 3. The van der Waals surface area contributed by atoms with E-state index in [-0.39, 0.29) is 0 Å². The monoisotopic (exact) mass is 285 g/mol. The van der Waals surface area contributed by atoms with Crippen LogP contribution < -0.4 is 10.2 Å². The van der Waals surface area contributed by atoms with Gasteiger partial charge < -0.3 is 10.2 Å². The molecule has 0 spiro atoms. The molecule has 1 aliphatic heterocycles. The van der Waals surface area contributed by atoms with Crippen LogP contribution in [-0.4, -0.2) is 41.1 Å². The molecule has 0 amide bonds. The highest BCUT2D eigenvalue weighted by molar-refractivity contribution is 5.41. The van der Waals surface area contributed by atoms with E-state index in [1.165, 1.54) is 18.4 Å². The normalized spacial score (nSPS) is 18.2. The van der Waals surface area contributed by atoms with Gasteiger partial charge in [0.05, 0.1) is 0 Å². The Balaban J connectivity index is 2.05. The molecule has 112 valence electrons. The van der Waals surface area contributed by atoms with Crippen molar-refractivity contribution in [3.05, 3.63) is 36.0 Å². The van der Waals surface area contributed by atoms with Gasteiger partial charge in [-0.3, -0.25) is 4.98 Å². The fraction of sp³-hybridized carbons (Fsp3) is 0.562. The Labute approximate surface area is 126 Å². The van der Waals surface area contributed by atoms with Crippen LogP contribution in [0, 0.1) is 0 Å². The number of anilines is 1. The van der Waals surface area contributed by atoms with Gasteiger partial charge in [-0.25, -0.2) is 9.97 Å². The van der Waals surface area contributed by atoms with Crippen molar-refractivity contribution in [2.24, 2.45) is 0 Å². The lowest BCUT2D eigenvalue weighted by Crippen LogP contribution is -2.43. The summed E-state index contributed by atoms with van der Waals surface area (Å²) in [4.78, 5) is 15.9. The van der Waals surface area contributed by atoms with Crippen LogP contribution in [0.3, 0.4) is 0 Å². The minimum absolute atomic E-state index is 0.664. The van der Waals surface area contributed by atoms with Gasteiger partial charge in [0.25, 0.3) is 0 Å². The first kappa shape index (κ1) is 14.2. The number of hydrogen-bond donors (Lipinski definition) is 1. The largest absolute Gasteiger partial charge is 0.354 e. The van der Waals surface area contributed by atoms with Crippen LogP contribution >= 0.6 is 0 Å². The molecule has 1 aromatic rings. The van der Waals surface area contributed by atoms with Gasteiger partial charge in [-0.15, -0.1) is 0 Å². The first-order chi connectivity index (χ1) is 10.4. The quantitative estimate of drug-likeness (QED) is 0.918. The lowest BCUT2D eigenvalue weighted by atomic mass is 10.2. The maximum atomic E-state index is 4.82. The van der Waals surface area contributed by atoms with Crippen LogP contribution in [-0.2, 0) is 6.42 Å². The molecular weight excluding hydrogens is 262 g/mol. The van der Waals surface area contributed by atoms with Gasteiger partial charge in [0, 0.05) is 51.2 Å². The molecule has 1 aromatic heterocycles. The van der Waals surface area contributed by atoms with Gasteiger partial charge in [0.15, 0.2) is 0 Å². The van der Waals surface area contributed by atoms with Crippen LogP contribution in [0.1, 0.15) is 37.1 Å². The first-order valence-corrected chi connectivity index (χ1v) is 7.87. The van der Waals surface area contributed by atoms with Crippen molar-refractivity contribution < 1.29 is 0 Å². The van der Waals surface area contributed by atoms with Crippen molar-refractivity contribution in [3.8, 4) is 0 Å². The second-order valence-corrected chi connectivity index (χ2v) is 5.60. The molecule has 1 N–H and O–H groups in total. The highest BCUT2D eigenvalue weighted by Gasteiger charge is 2.24. The van der Waals surface area contributed by atoms with Crippen molar-refractivity contribution >= 4 is 5.82 Å². The van der Waals surface area contributed by atoms with Crippen LogP contribution in [0.25, 0.3) is 0 Å². The van der Waals surface area contributed by atoms with Crippen molar-refractivity contribution in [1.82, 2.24) is 20.3 Å². The fourth-order valence-electron chi connectivity index (χ4n) is 2.53. The number of aromatic nitrogens is 3. The molecular formula is C16H23N5. The van der Waals surface area contributed by atoms with E-state index in [0.29, 0.717) is 5.92 Å². The molecule has 2 aliphatic rings. The van der Waals surface area contributed by atoms with Crippen molar-refractivity contribution in [2.45, 2.75) is 32.1 Å². The zero-order chi connectivity index (χ0) is 14.5. The van der Waals surface area contributed by atoms with E-state index in [1.807, 2.05) is 6.20 Å². The fourth-order valence-corrected chi connectivity index (χ4v) is 2.53. The molecule has 0 aromatic carbocycles. The Bertz CT molecular complexity index is 534. The number of aryl methyl sites for hydroxylation is 1. The Morgan fingerprint density at radius 2 is 2.05 bits per heavy atom.